The van der Waals surface area contributed by atoms with Crippen LogP contribution in [0.4, 0.5) is 0 Å². The van der Waals surface area contributed by atoms with E-state index in [0.29, 0.717) is 6.04 Å². The summed E-state index contributed by atoms with van der Waals surface area (Å²) in [5, 5.41) is 16.6. The molecule has 86 valence electrons. The van der Waals surface area contributed by atoms with Gasteiger partial charge in [-0.15, -0.1) is 0 Å². The first-order chi connectivity index (χ1) is 7.15. The molecule has 0 unspecified atom stereocenters. The van der Waals surface area contributed by atoms with Gasteiger partial charge in [0.05, 0.1) is 11.7 Å². The molecule has 0 radical (unpaired) electrons. The van der Waals surface area contributed by atoms with Crippen LogP contribution in [0.2, 0.25) is 0 Å². The van der Waals surface area contributed by atoms with Gasteiger partial charge in [-0.3, -0.25) is 5.01 Å². The Morgan fingerprint density at radius 3 is 2.38 bits per heavy atom. The summed E-state index contributed by atoms with van der Waals surface area (Å²) in [6.45, 7) is 4.25. The molecule has 0 bridgehead atoms. The maximum atomic E-state index is 10.6. The van der Waals surface area contributed by atoms with Gasteiger partial charge < -0.3 is 9.90 Å². The zero-order chi connectivity index (χ0) is 11.3. The Morgan fingerprint density at radius 1 is 1.38 bits per heavy atom. The topological polar surface area (TPSA) is 55.7 Å². The van der Waals surface area contributed by atoms with Gasteiger partial charge in [0.15, 0.2) is 0 Å². The van der Waals surface area contributed by atoms with Crippen molar-refractivity contribution in [3.8, 4) is 0 Å². The smallest absolute Gasteiger partial charge is 0.543 e. The summed E-state index contributed by atoms with van der Waals surface area (Å²) >= 11 is 0. The molecule has 5 heteroatoms. The largest absolute Gasteiger partial charge is 1.00 e. The molecule has 0 atom stereocenters. The number of aliphatic carboxylic acids is 1. The predicted octanol–water partition coefficient (Wildman–Crippen LogP) is -2.23. The van der Waals surface area contributed by atoms with E-state index in [1.807, 2.05) is 11.9 Å². The van der Waals surface area contributed by atoms with E-state index < -0.39 is 5.97 Å². The van der Waals surface area contributed by atoms with Crippen molar-refractivity contribution in [2.24, 2.45) is 5.10 Å². The second-order valence-electron chi connectivity index (χ2n) is 4.02. The molecule has 1 aliphatic rings. The van der Waals surface area contributed by atoms with Gasteiger partial charge in [-0.25, -0.2) is 0 Å². The molecular weight excluding hydrogens is 215 g/mol. The third-order valence-corrected chi connectivity index (χ3v) is 2.89. The molecule has 1 aliphatic carbocycles. The van der Waals surface area contributed by atoms with Crippen LogP contribution in [0, 0.1) is 0 Å². The van der Waals surface area contributed by atoms with Crippen LogP contribution in [0.1, 0.15) is 46.0 Å². The van der Waals surface area contributed by atoms with Crippen LogP contribution < -0.4 is 34.7 Å². The van der Waals surface area contributed by atoms with Gasteiger partial charge >= 0.3 is 29.6 Å². The average Bonchev–Trinajstić information content (AvgIpc) is 2.26. The van der Waals surface area contributed by atoms with Gasteiger partial charge in [0.1, 0.15) is 0 Å². The van der Waals surface area contributed by atoms with Crippen molar-refractivity contribution in [3.63, 3.8) is 0 Å². The van der Waals surface area contributed by atoms with Crippen LogP contribution >= 0.6 is 0 Å². The summed E-state index contributed by atoms with van der Waals surface area (Å²) < 4.78 is 0. The van der Waals surface area contributed by atoms with Crippen molar-refractivity contribution in [3.05, 3.63) is 0 Å². The number of carbonyl (C=O) groups excluding carboxylic acids is 1. The number of hydrogen-bond acceptors (Lipinski definition) is 4. The first-order valence-corrected chi connectivity index (χ1v) is 5.68. The van der Waals surface area contributed by atoms with E-state index in [4.69, 9.17) is 0 Å². The van der Waals surface area contributed by atoms with E-state index in [-0.39, 0.29) is 35.3 Å². The van der Waals surface area contributed by atoms with Gasteiger partial charge in [-0.05, 0) is 26.7 Å². The van der Waals surface area contributed by atoms with E-state index in [1.54, 1.807) is 0 Å². The number of hydrazone groups is 1. The fourth-order valence-corrected chi connectivity index (χ4v) is 2.02. The summed E-state index contributed by atoms with van der Waals surface area (Å²) in [6, 6.07) is 0.415. The number of rotatable bonds is 4. The van der Waals surface area contributed by atoms with Gasteiger partial charge in [0.2, 0.25) is 0 Å². The van der Waals surface area contributed by atoms with Crippen LogP contribution in [-0.4, -0.2) is 29.3 Å². The molecule has 0 N–H and O–H groups in total. The molecule has 1 rings (SSSR count). The zero-order valence-electron chi connectivity index (χ0n) is 10.5. The molecule has 0 spiro atoms. The van der Waals surface area contributed by atoms with Crippen LogP contribution in [0.15, 0.2) is 5.10 Å². The van der Waals surface area contributed by atoms with Crippen molar-refractivity contribution in [2.45, 2.75) is 52.0 Å². The van der Waals surface area contributed by atoms with Crippen molar-refractivity contribution in [1.82, 2.24) is 5.01 Å². The summed E-state index contributed by atoms with van der Waals surface area (Å²) in [5.74, 6) is -1.18. The van der Waals surface area contributed by atoms with Crippen molar-refractivity contribution in [1.29, 1.82) is 0 Å². The zero-order valence-corrected chi connectivity index (χ0v) is 12.5. The first kappa shape index (κ1) is 15.9. The first-order valence-electron chi connectivity index (χ1n) is 5.68. The molecule has 0 amide bonds. The van der Waals surface area contributed by atoms with Crippen LogP contribution in [-0.2, 0) is 4.79 Å². The number of carboxylic acids is 1. The van der Waals surface area contributed by atoms with E-state index in [2.05, 4.69) is 5.10 Å². The van der Waals surface area contributed by atoms with Gasteiger partial charge in [0, 0.05) is 12.6 Å². The minimum atomic E-state index is -1.18. The number of nitrogens with zero attached hydrogens (tertiary/aromatic N) is 2. The van der Waals surface area contributed by atoms with Crippen LogP contribution in [0.5, 0.6) is 0 Å². The van der Waals surface area contributed by atoms with E-state index >= 15 is 0 Å². The Hall–Kier alpha value is -0.0600. The van der Waals surface area contributed by atoms with Crippen molar-refractivity contribution in [2.75, 3.05) is 6.54 Å². The molecule has 0 aromatic heterocycles. The van der Waals surface area contributed by atoms with Crippen LogP contribution in [0.25, 0.3) is 0 Å². The second kappa shape index (κ2) is 8.09. The van der Waals surface area contributed by atoms with Gasteiger partial charge in [-0.1, -0.05) is 19.3 Å². The number of carbonyl (C=O) groups is 1. The summed E-state index contributed by atoms with van der Waals surface area (Å²) in [5.41, 5.74) is 0.0717. The van der Waals surface area contributed by atoms with E-state index in [9.17, 15) is 9.90 Å². The van der Waals surface area contributed by atoms with Crippen molar-refractivity contribution >= 4 is 11.7 Å². The molecule has 0 aromatic rings. The Balaban J connectivity index is 0.00000225. The summed E-state index contributed by atoms with van der Waals surface area (Å²) in [6.07, 6.45) is 5.98. The molecule has 1 saturated carbocycles. The molecule has 0 aliphatic heterocycles. The van der Waals surface area contributed by atoms with Crippen LogP contribution in [0.3, 0.4) is 0 Å². The SMILES string of the molecule is CCN(N=C(C)C(=O)[O-])C1CCCCC1.[Na+]. The Labute approximate surface area is 119 Å². The monoisotopic (exact) mass is 234 g/mol. The number of hydrogen-bond donors (Lipinski definition) is 0. The molecule has 16 heavy (non-hydrogen) atoms. The van der Waals surface area contributed by atoms with Crippen molar-refractivity contribution < 1.29 is 39.5 Å². The van der Waals surface area contributed by atoms with E-state index in [1.165, 1.54) is 26.2 Å². The normalized spacial score (nSPS) is 17.8. The standard InChI is InChI=1S/C11H20N2O2.Na/c1-3-13(12-9(2)11(14)15)10-7-5-4-6-8-10;/h10H,3-8H2,1-2H3,(H,14,15);/q;+1/p-1. The predicted molar refractivity (Wildman–Crippen MR) is 57.4 cm³/mol. The Kier molecular flexibility index (Phi) is 8.06. The molecule has 1 fully saturated rings. The average molecular weight is 234 g/mol. The maximum Gasteiger partial charge on any atom is 1.00 e. The Morgan fingerprint density at radius 2 is 1.94 bits per heavy atom. The fourth-order valence-electron chi connectivity index (χ4n) is 2.02. The molecule has 4 nitrogen and oxygen atoms in total. The molecule has 0 aromatic carbocycles. The quantitative estimate of drug-likeness (QED) is 0.314. The third kappa shape index (κ3) is 4.85. The van der Waals surface area contributed by atoms with Gasteiger partial charge in [0.25, 0.3) is 0 Å². The maximum absolute atomic E-state index is 10.6. The minimum Gasteiger partial charge on any atom is -0.543 e. The molecule has 0 heterocycles. The summed E-state index contributed by atoms with van der Waals surface area (Å²) in [7, 11) is 0. The second-order valence-corrected chi connectivity index (χ2v) is 4.02. The van der Waals surface area contributed by atoms with E-state index in [0.717, 1.165) is 19.4 Å². The molecular formula is C11H19N2NaO2. The fraction of sp³-hybridized carbons (Fsp3) is 0.818. The Bertz CT molecular complexity index is 250. The number of carboxylic acid groups (broad SMARTS) is 1. The third-order valence-electron chi connectivity index (χ3n) is 2.89. The van der Waals surface area contributed by atoms with Gasteiger partial charge in [-0.2, -0.15) is 5.10 Å². The molecule has 0 saturated heterocycles. The summed E-state index contributed by atoms with van der Waals surface area (Å²) in [4.78, 5) is 10.6. The minimum absolute atomic E-state index is 0.